The molecule has 0 bridgehead atoms. The number of nitrogens with zero attached hydrogens (tertiary/aromatic N) is 7. The number of hydrogen-bond donors (Lipinski definition) is 1. The van der Waals surface area contributed by atoms with Crippen molar-refractivity contribution in [3.8, 4) is 11.4 Å². The maximum Gasteiger partial charge on any atom is 0.182 e. The van der Waals surface area contributed by atoms with Gasteiger partial charge in [-0.05, 0) is 22.6 Å². The summed E-state index contributed by atoms with van der Waals surface area (Å²) in [6.45, 7) is 4.66. The fraction of sp³-hybridized carbons (Fsp3) is 0.368. The van der Waals surface area contributed by atoms with Crippen LogP contribution in [0.5, 0.6) is 0 Å². The van der Waals surface area contributed by atoms with Crippen molar-refractivity contribution in [1.82, 2.24) is 30.1 Å². The van der Waals surface area contributed by atoms with Crippen LogP contribution in [0.2, 0.25) is 0 Å². The van der Waals surface area contributed by atoms with Crippen LogP contribution in [-0.2, 0) is 6.54 Å². The zero-order valence-electron chi connectivity index (χ0n) is 15.1. The monoisotopic (exact) mass is 365 g/mol. The van der Waals surface area contributed by atoms with Crippen molar-refractivity contribution in [2.24, 2.45) is 0 Å². The molecule has 1 aliphatic rings. The molecule has 4 rings (SSSR count). The van der Waals surface area contributed by atoms with Crippen LogP contribution in [0.25, 0.3) is 11.4 Å². The third-order valence-electron chi connectivity index (χ3n) is 4.80. The lowest BCUT2D eigenvalue weighted by Crippen LogP contribution is -2.49. The van der Waals surface area contributed by atoms with E-state index in [0.29, 0.717) is 18.9 Å². The minimum absolute atomic E-state index is 0.375. The summed E-state index contributed by atoms with van der Waals surface area (Å²) >= 11 is 0. The molecule has 1 N–H and O–H groups in total. The zero-order chi connectivity index (χ0) is 18.5. The molecule has 1 aromatic carbocycles. The Labute approximate surface area is 158 Å². The number of hydrogen-bond acceptors (Lipinski definition) is 7. The number of pyridine rings is 1. The Balaban J connectivity index is 1.31. The third-order valence-corrected chi connectivity index (χ3v) is 4.80. The van der Waals surface area contributed by atoms with E-state index in [4.69, 9.17) is 0 Å². The molecule has 1 saturated heterocycles. The summed E-state index contributed by atoms with van der Waals surface area (Å²) in [5.74, 6) is 0.677. The van der Waals surface area contributed by atoms with E-state index in [1.165, 1.54) is 0 Å². The number of benzene rings is 1. The van der Waals surface area contributed by atoms with Gasteiger partial charge >= 0.3 is 0 Å². The molecule has 1 atom stereocenters. The largest absolute Gasteiger partial charge is 0.390 e. The molecule has 0 spiro atoms. The standard InChI is InChI=1S/C19H23N7O/c27-18(15-26-19(21-22-23-26)16-5-2-1-3-6-16)14-24-9-11-25(12-10-24)17-7-4-8-20-13-17/h1-8,13,18,27H,9-12,14-15H2. The van der Waals surface area contributed by atoms with E-state index in [9.17, 15) is 5.11 Å². The molecule has 3 aromatic rings. The lowest BCUT2D eigenvalue weighted by molar-refractivity contribution is 0.0919. The van der Waals surface area contributed by atoms with Gasteiger partial charge in [-0.15, -0.1) is 5.10 Å². The first-order valence-electron chi connectivity index (χ1n) is 9.16. The van der Waals surface area contributed by atoms with Gasteiger partial charge in [0.2, 0.25) is 0 Å². The molecule has 8 nitrogen and oxygen atoms in total. The molecule has 0 amide bonds. The summed E-state index contributed by atoms with van der Waals surface area (Å²) in [6, 6.07) is 13.8. The molecule has 0 saturated carbocycles. The summed E-state index contributed by atoms with van der Waals surface area (Å²) < 4.78 is 1.67. The normalized spacial score (nSPS) is 16.4. The Hall–Kier alpha value is -2.84. The highest BCUT2D eigenvalue weighted by Gasteiger charge is 2.21. The Morgan fingerprint density at radius 3 is 2.52 bits per heavy atom. The third kappa shape index (κ3) is 4.29. The summed E-state index contributed by atoms with van der Waals surface area (Å²) in [5.41, 5.74) is 2.10. The first-order valence-corrected chi connectivity index (χ1v) is 9.16. The number of aliphatic hydroxyl groups is 1. The maximum atomic E-state index is 10.5. The molecule has 0 radical (unpaired) electrons. The molecule has 0 aliphatic carbocycles. The zero-order valence-corrected chi connectivity index (χ0v) is 15.1. The molecule has 1 aliphatic heterocycles. The first-order chi connectivity index (χ1) is 13.3. The average molecular weight is 365 g/mol. The van der Waals surface area contributed by atoms with Crippen LogP contribution in [-0.4, -0.2) is 74.0 Å². The topological polar surface area (TPSA) is 83.2 Å². The second-order valence-electron chi connectivity index (χ2n) is 6.70. The summed E-state index contributed by atoms with van der Waals surface area (Å²) in [5, 5.41) is 22.4. The second-order valence-corrected chi connectivity index (χ2v) is 6.70. The van der Waals surface area contributed by atoms with E-state index in [-0.39, 0.29) is 0 Å². The first kappa shape index (κ1) is 17.6. The number of β-amino-alcohol motifs (C(OH)–C–C–N with tert-alkyl or cyclic N) is 1. The number of aliphatic hydroxyl groups excluding tert-OH is 1. The van der Waals surface area contributed by atoms with Crippen molar-refractivity contribution in [2.75, 3.05) is 37.6 Å². The molecule has 1 unspecified atom stereocenters. The Morgan fingerprint density at radius 2 is 1.78 bits per heavy atom. The van der Waals surface area contributed by atoms with Gasteiger partial charge in [-0.2, -0.15) is 0 Å². The maximum absolute atomic E-state index is 10.5. The Bertz CT molecular complexity index is 832. The molecule has 27 heavy (non-hydrogen) atoms. The molecular weight excluding hydrogens is 342 g/mol. The van der Waals surface area contributed by atoms with Crippen LogP contribution < -0.4 is 4.90 Å². The Morgan fingerprint density at radius 1 is 0.963 bits per heavy atom. The fourth-order valence-electron chi connectivity index (χ4n) is 3.41. The predicted molar refractivity (Wildman–Crippen MR) is 102 cm³/mol. The SMILES string of the molecule is OC(CN1CCN(c2cccnc2)CC1)Cn1nnnc1-c1ccccc1. The summed E-state index contributed by atoms with van der Waals surface area (Å²) in [4.78, 5) is 8.79. The minimum atomic E-state index is -0.527. The van der Waals surface area contributed by atoms with Gasteiger partial charge in [0, 0.05) is 44.5 Å². The van der Waals surface area contributed by atoms with E-state index in [2.05, 4.69) is 36.4 Å². The lowest BCUT2D eigenvalue weighted by Gasteiger charge is -2.36. The number of rotatable bonds is 6. The van der Waals surface area contributed by atoms with Crippen LogP contribution in [0.15, 0.2) is 54.9 Å². The molecule has 3 heterocycles. The van der Waals surface area contributed by atoms with Crippen LogP contribution in [0.4, 0.5) is 5.69 Å². The number of aromatic nitrogens is 5. The molecule has 140 valence electrons. The van der Waals surface area contributed by atoms with Crippen LogP contribution in [0.1, 0.15) is 0 Å². The van der Waals surface area contributed by atoms with E-state index >= 15 is 0 Å². The predicted octanol–water partition coefficient (Wildman–Crippen LogP) is 0.918. The Kier molecular flexibility index (Phi) is 5.36. The summed E-state index contributed by atoms with van der Waals surface area (Å²) in [6.07, 6.45) is 3.16. The number of tetrazole rings is 1. The molecule has 2 aromatic heterocycles. The van der Waals surface area contributed by atoms with Gasteiger partial charge in [0.1, 0.15) is 0 Å². The van der Waals surface area contributed by atoms with Crippen molar-refractivity contribution in [2.45, 2.75) is 12.6 Å². The van der Waals surface area contributed by atoms with E-state index < -0.39 is 6.10 Å². The van der Waals surface area contributed by atoms with E-state index in [1.54, 1.807) is 10.9 Å². The number of piperazine rings is 1. The van der Waals surface area contributed by atoms with E-state index in [0.717, 1.165) is 37.4 Å². The average Bonchev–Trinajstić information content (AvgIpc) is 3.18. The van der Waals surface area contributed by atoms with Crippen LogP contribution in [0, 0.1) is 0 Å². The van der Waals surface area contributed by atoms with Gasteiger partial charge in [0.15, 0.2) is 5.82 Å². The van der Waals surface area contributed by atoms with Gasteiger partial charge in [0.05, 0.1) is 24.5 Å². The van der Waals surface area contributed by atoms with Gasteiger partial charge in [0.25, 0.3) is 0 Å². The quantitative estimate of drug-likeness (QED) is 0.695. The van der Waals surface area contributed by atoms with Crippen LogP contribution >= 0.6 is 0 Å². The van der Waals surface area contributed by atoms with Crippen molar-refractivity contribution < 1.29 is 5.11 Å². The van der Waals surface area contributed by atoms with Crippen molar-refractivity contribution in [3.63, 3.8) is 0 Å². The minimum Gasteiger partial charge on any atom is -0.390 e. The molecule has 1 fully saturated rings. The van der Waals surface area contributed by atoms with Crippen molar-refractivity contribution in [1.29, 1.82) is 0 Å². The van der Waals surface area contributed by atoms with Crippen LogP contribution in [0.3, 0.4) is 0 Å². The highest BCUT2D eigenvalue weighted by Crippen LogP contribution is 2.16. The van der Waals surface area contributed by atoms with Gasteiger partial charge < -0.3 is 10.0 Å². The van der Waals surface area contributed by atoms with Crippen molar-refractivity contribution >= 4 is 5.69 Å². The smallest absolute Gasteiger partial charge is 0.182 e. The molecular formula is C19H23N7O. The van der Waals surface area contributed by atoms with E-state index in [1.807, 2.05) is 42.6 Å². The highest BCUT2D eigenvalue weighted by molar-refractivity contribution is 5.53. The molecule has 8 heteroatoms. The number of anilines is 1. The lowest BCUT2D eigenvalue weighted by atomic mass is 10.2. The van der Waals surface area contributed by atoms with Gasteiger partial charge in [-0.1, -0.05) is 30.3 Å². The van der Waals surface area contributed by atoms with Crippen molar-refractivity contribution in [3.05, 3.63) is 54.9 Å². The van der Waals surface area contributed by atoms with Gasteiger partial charge in [-0.25, -0.2) is 4.68 Å². The second kappa shape index (κ2) is 8.24. The fourth-order valence-corrected chi connectivity index (χ4v) is 3.41. The highest BCUT2D eigenvalue weighted by atomic mass is 16.3. The van der Waals surface area contributed by atoms with Gasteiger partial charge in [-0.3, -0.25) is 9.88 Å². The summed E-state index contributed by atoms with van der Waals surface area (Å²) in [7, 11) is 0.